The molecular formula is C16H23N3O. The van der Waals surface area contributed by atoms with E-state index in [-0.39, 0.29) is 0 Å². The van der Waals surface area contributed by atoms with Crippen molar-refractivity contribution in [3.63, 3.8) is 0 Å². The van der Waals surface area contributed by atoms with Gasteiger partial charge in [-0.1, -0.05) is 33.1 Å². The Balaban J connectivity index is 1.87. The van der Waals surface area contributed by atoms with E-state index in [0.717, 1.165) is 23.6 Å². The first kappa shape index (κ1) is 14.6. The van der Waals surface area contributed by atoms with E-state index in [9.17, 15) is 0 Å². The van der Waals surface area contributed by atoms with Crippen molar-refractivity contribution in [2.24, 2.45) is 5.92 Å². The quantitative estimate of drug-likeness (QED) is 0.788. The van der Waals surface area contributed by atoms with Crippen LogP contribution in [-0.4, -0.2) is 22.0 Å². The fourth-order valence-electron chi connectivity index (χ4n) is 2.17. The number of nitrogens with zero attached hydrogens (tertiary/aromatic N) is 2. The molecule has 0 bridgehead atoms. The summed E-state index contributed by atoms with van der Waals surface area (Å²) in [6.45, 7) is 5.27. The molecule has 0 saturated carbocycles. The molecular weight excluding hydrogens is 250 g/mol. The smallest absolute Gasteiger partial charge is 0.119 e. The van der Waals surface area contributed by atoms with Gasteiger partial charge in [0.2, 0.25) is 0 Å². The summed E-state index contributed by atoms with van der Waals surface area (Å²) in [4.78, 5) is 0. The standard InChI is InChI=1S/C16H23N3O/c1-3-5-6-13(4-2)12-20-15-9-7-14(8-10-15)16-11-17-19-18-16/h7-11,13H,3-6,12H2,1-2H3,(H,17,18,19). The van der Waals surface area contributed by atoms with E-state index in [1.165, 1.54) is 25.7 Å². The molecule has 0 aliphatic rings. The number of rotatable bonds is 8. The second-order valence-electron chi connectivity index (χ2n) is 5.11. The van der Waals surface area contributed by atoms with Gasteiger partial charge in [0.25, 0.3) is 0 Å². The maximum atomic E-state index is 5.88. The summed E-state index contributed by atoms with van der Waals surface area (Å²) in [6, 6.07) is 8.02. The molecule has 0 aliphatic heterocycles. The summed E-state index contributed by atoms with van der Waals surface area (Å²) >= 11 is 0. The molecule has 0 aliphatic carbocycles. The molecule has 0 spiro atoms. The number of H-pyrrole nitrogens is 1. The maximum absolute atomic E-state index is 5.88. The molecule has 2 rings (SSSR count). The van der Waals surface area contributed by atoms with Crippen LogP contribution in [0.2, 0.25) is 0 Å². The summed E-state index contributed by atoms with van der Waals surface area (Å²) in [7, 11) is 0. The Morgan fingerprint density at radius 2 is 2.00 bits per heavy atom. The second-order valence-corrected chi connectivity index (χ2v) is 5.11. The highest BCUT2D eigenvalue weighted by Gasteiger charge is 2.07. The van der Waals surface area contributed by atoms with Crippen LogP contribution in [0.15, 0.2) is 30.5 Å². The molecule has 1 unspecified atom stereocenters. The van der Waals surface area contributed by atoms with E-state index < -0.39 is 0 Å². The van der Waals surface area contributed by atoms with Crippen LogP contribution < -0.4 is 4.74 Å². The van der Waals surface area contributed by atoms with E-state index >= 15 is 0 Å². The van der Waals surface area contributed by atoms with E-state index in [0.29, 0.717) is 5.92 Å². The minimum atomic E-state index is 0.658. The summed E-state index contributed by atoms with van der Waals surface area (Å²) in [6.07, 6.45) is 6.69. The molecule has 0 fully saturated rings. The summed E-state index contributed by atoms with van der Waals surface area (Å²) in [5, 5.41) is 10.5. The van der Waals surface area contributed by atoms with Crippen molar-refractivity contribution in [1.82, 2.24) is 15.4 Å². The molecule has 2 aromatic rings. The van der Waals surface area contributed by atoms with Crippen LogP contribution in [0.5, 0.6) is 5.75 Å². The Hall–Kier alpha value is -1.84. The van der Waals surface area contributed by atoms with Crippen molar-refractivity contribution in [2.75, 3.05) is 6.61 Å². The van der Waals surface area contributed by atoms with Crippen LogP contribution in [0.1, 0.15) is 39.5 Å². The van der Waals surface area contributed by atoms with Gasteiger partial charge in [0.15, 0.2) is 0 Å². The molecule has 4 nitrogen and oxygen atoms in total. The van der Waals surface area contributed by atoms with Crippen LogP contribution in [0, 0.1) is 5.92 Å². The maximum Gasteiger partial charge on any atom is 0.119 e. The molecule has 0 amide bonds. The first-order valence-electron chi connectivity index (χ1n) is 7.42. The largest absolute Gasteiger partial charge is 0.493 e. The molecule has 108 valence electrons. The minimum absolute atomic E-state index is 0.658. The van der Waals surface area contributed by atoms with Gasteiger partial charge >= 0.3 is 0 Å². The van der Waals surface area contributed by atoms with Gasteiger partial charge in [-0.05, 0) is 36.6 Å². The van der Waals surface area contributed by atoms with E-state index in [4.69, 9.17) is 4.74 Å². The lowest BCUT2D eigenvalue weighted by atomic mass is 10.0. The molecule has 4 heteroatoms. The van der Waals surface area contributed by atoms with Crippen LogP contribution in [0.25, 0.3) is 11.3 Å². The Kier molecular flexibility index (Phi) is 5.59. The predicted octanol–water partition coefficient (Wildman–Crippen LogP) is 4.07. The van der Waals surface area contributed by atoms with Gasteiger partial charge in [0.05, 0.1) is 12.8 Å². The van der Waals surface area contributed by atoms with Gasteiger partial charge in [-0.25, -0.2) is 0 Å². The number of aromatic amines is 1. The van der Waals surface area contributed by atoms with E-state index in [1.54, 1.807) is 6.20 Å². The van der Waals surface area contributed by atoms with Crippen molar-refractivity contribution >= 4 is 0 Å². The number of ether oxygens (including phenoxy) is 1. The van der Waals surface area contributed by atoms with Gasteiger partial charge in [-0.15, -0.1) is 0 Å². The molecule has 0 saturated heterocycles. The van der Waals surface area contributed by atoms with E-state index in [2.05, 4.69) is 29.3 Å². The van der Waals surface area contributed by atoms with Crippen LogP contribution in [0.3, 0.4) is 0 Å². The number of benzene rings is 1. The van der Waals surface area contributed by atoms with Crippen molar-refractivity contribution in [3.8, 4) is 17.0 Å². The van der Waals surface area contributed by atoms with Crippen molar-refractivity contribution < 1.29 is 4.74 Å². The van der Waals surface area contributed by atoms with Crippen molar-refractivity contribution in [2.45, 2.75) is 39.5 Å². The predicted molar refractivity (Wildman–Crippen MR) is 80.6 cm³/mol. The van der Waals surface area contributed by atoms with Crippen molar-refractivity contribution in [3.05, 3.63) is 30.5 Å². The minimum Gasteiger partial charge on any atom is -0.493 e. The molecule has 1 aromatic carbocycles. The van der Waals surface area contributed by atoms with Gasteiger partial charge in [-0.2, -0.15) is 15.4 Å². The highest BCUT2D eigenvalue weighted by molar-refractivity contribution is 5.58. The molecule has 1 heterocycles. The van der Waals surface area contributed by atoms with Gasteiger partial charge in [0.1, 0.15) is 11.4 Å². The van der Waals surface area contributed by atoms with Crippen molar-refractivity contribution in [1.29, 1.82) is 0 Å². The fourth-order valence-corrected chi connectivity index (χ4v) is 2.17. The zero-order valence-electron chi connectivity index (χ0n) is 12.3. The first-order valence-corrected chi connectivity index (χ1v) is 7.42. The Morgan fingerprint density at radius 3 is 2.60 bits per heavy atom. The lowest BCUT2D eigenvalue weighted by Crippen LogP contribution is -2.11. The third-order valence-electron chi connectivity index (χ3n) is 3.59. The molecule has 20 heavy (non-hydrogen) atoms. The normalized spacial score (nSPS) is 12.3. The average Bonchev–Trinajstić information content (AvgIpc) is 3.02. The zero-order chi connectivity index (χ0) is 14.2. The number of nitrogens with one attached hydrogen (secondary N) is 1. The monoisotopic (exact) mass is 273 g/mol. The second kappa shape index (κ2) is 7.68. The van der Waals surface area contributed by atoms with Gasteiger partial charge in [0, 0.05) is 5.56 Å². The Labute approximate surface area is 120 Å². The Bertz CT molecular complexity index is 479. The summed E-state index contributed by atoms with van der Waals surface area (Å²) in [5.41, 5.74) is 1.90. The Morgan fingerprint density at radius 1 is 1.20 bits per heavy atom. The van der Waals surface area contributed by atoms with Crippen LogP contribution in [-0.2, 0) is 0 Å². The van der Waals surface area contributed by atoms with E-state index in [1.807, 2.05) is 24.3 Å². The average molecular weight is 273 g/mol. The third kappa shape index (κ3) is 4.08. The SMILES string of the molecule is CCCCC(CC)COc1ccc(-c2cn[nH]n2)cc1. The lowest BCUT2D eigenvalue weighted by Gasteiger charge is -2.15. The van der Waals surface area contributed by atoms with Crippen LogP contribution in [0.4, 0.5) is 0 Å². The first-order chi connectivity index (χ1) is 9.83. The molecule has 1 atom stereocenters. The summed E-state index contributed by atoms with van der Waals surface area (Å²) in [5.74, 6) is 1.58. The van der Waals surface area contributed by atoms with Gasteiger partial charge < -0.3 is 4.74 Å². The fraction of sp³-hybridized carbons (Fsp3) is 0.500. The highest BCUT2D eigenvalue weighted by atomic mass is 16.5. The number of hydrogen-bond acceptors (Lipinski definition) is 3. The lowest BCUT2D eigenvalue weighted by molar-refractivity contribution is 0.233. The van der Waals surface area contributed by atoms with Gasteiger partial charge in [-0.3, -0.25) is 0 Å². The zero-order valence-corrected chi connectivity index (χ0v) is 12.3. The van der Waals surface area contributed by atoms with Crippen LogP contribution >= 0.6 is 0 Å². The molecule has 1 N–H and O–H groups in total. The third-order valence-corrected chi connectivity index (χ3v) is 3.59. The molecule has 1 aromatic heterocycles. The number of unbranched alkanes of at least 4 members (excludes halogenated alkanes) is 1. The number of aromatic nitrogens is 3. The highest BCUT2D eigenvalue weighted by Crippen LogP contribution is 2.21. The number of hydrogen-bond donors (Lipinski definition) is 1. The molecule has 0 radical (unpaired) electrons. The topological polar surface area (TPSA) is 50.8 Å². The summed E-state index contributed by atoms with van der Waals surface area (Å²) < 4.78 is 5.88.